The van der Waals surface area contributed by atoms with E-state index in [0.29, 0.717) is 12.3 Å². The van der Waals surface area contributed by atoms with E-state index in [4.69, 9.17) is 10.00 Å². The van der Waals surface area contributed by atoms with Gasteiger partial charge in [0.05, 0.1) is 24.9 Å². The van der Waals surface area contributed by atoms with Crippen LogP contribution in [-0.2, 0) is 11.3 Å². The maximum absolute atomic E-state index is 9.15. The standard InChI is InChI=1S/C17H21N5O/c1-12-4-5-17(19-16(12)9-18)21-6-7-23-15(10-21)11-22-14(3)8-13(2)20-22/h4-5,8,15H,6-7,10-11H2,1-3H3. The molecule has 23 heavy (non-hydrogen) atoms. The average Bonchev–Trinajstić information content (AvgIpc) is 2.85. The van der Waals surface area contributed by atoms with Crippen LogP contribution in [0.25, 0.3) is 0 Å². The van der Waals surface area contributed by atoms with E-state index in [9.17, 15) is 0 Å². The molecule has 3 rings (SSSR count). The Morgan fingerprint density at radius 1 is 1.35 bits per heavy atom. The van der Waals surface area contributed by atoms with E-state index in [2.05, 4.69) is 34.0 Å². The van der Waals surface area contributed by atoms with E-state index in [1.807, 2.05) is 30.7 Å². The van der Waals surface area contributed by atoms with E-state index >= 15 is 0 Å². The summed E-state index contributed by atoms with van der Waals surface area (Å²) in [5.41, 5.74) is 3.56. The van der Waals surface area contributed by atoms with Crippen molar-refractivity contribution in [1.82, 2.24) is 14.8 Å². The van der Waals surface area contributed by atoms with Crippen molar-refractivity contribution in [3.8, 4) is 6.07 Å². The number of nitrogens with zero attached hydrogens (tertiary/aromatic N) is 5. The molecule has 1 aliphatic heterocycles. The van der Waals surface area contributed by atoms with Gasteiger partial charge in [0, 0.05) is 18.8 Å². The van der Waals surface area contributed by atoms with Gasteiger partial charge in [0.1, 0.15) is 17.6 Å². The van der Waals surface area contributed by atoms with Crippen LogP contribution >= 0.6 is 0 Å². The fraction of sp³-hybridized carbons (Fsp3) is 0.471. The van der Waals surface area contributed by atoms with Crippen molar-refractivity contribution in [1.29, 1.82) is 5.26 Å². The Bertz CT molecular complexity index is 746. The third kappa shape index (κ3) is 3.35. The summed E-state index contributed by atoms with van der Waals surface area (Å²) in [6, 6.07) is 8.15. The number of aromatic nitrogens is 3. The molecule has 1 fully saturated rings. The van der Waals surface area contributed by atoms with Crippen molar-refractivity contribution in [2.24, 2.45) is 0 Å². The van der Waals surface area contributed by atoms with Gasteiger partial charge in [0.15, 0.2) is 0 Å². The number of rotatable bonds is 3. The number of ether oxygens (including phenoxy) is 1. The number of pyridine rings is 1. The first kappa shape index (κ1) is 15.5. The molecule has 0 bridgehead atoms. The minimum atomic E-state index is 0.0652. The Balaban J connectivity index is 1.73. The van der Waals surface area contributed by atoms with E-state index in [1.54, 1.807) is 0 Å². The van der Waals surface area contributed by atoms with Crippen LogP contribution in [0.5, 0.6) is 0 Å². The zero-order valence-corrected chi connectivity index (χ0v) is 13.8. The second kappa shape index (κ2) is 6.39. The molecule has 120 valence electrons. The highest BCUT2D eigenvalue weighted by Gasteiger charge is 2.23. The Labute approximate surface area is 136 Å². The van der Waals surface area contributed by atoms with Gasteiger partial charge < -0.3 is 9.64 Å². The molecule has 0 aliphatic carbocycles. The third-order valence-corrected chi connectivity index (χ3v) is 4.13. The minimum Gasteiger partial charge on any atom is -0.373 e. The van der Waals surface area contributed by atoms with Crippen LogP contribution in [0.1, 0.15) is 22.6 Å². The van der Waals surface area contributed by atoms with Crippen LogP contribution in [0.15, 0.2) is 18.2 Å². The first-order valence-electron chi connectivity index (χ1n) is 7.82. The highest BCUT2D eigenvalue weighted by molar-refractivity contribution is 5.45. The molecule has 0 radical (unpaired) electrons. The maximum Gasteiger partial charge on any atom is 0.145 e. The molecular formula is C17H21N5O. The van der Waals surface area contributed by atoms with Crippen LogP contribution in [0.2, 0.25) is 0 Å². The molecular weight excluding hydrogens is 290 g/mol. The molecule has 1 aliphatic rings. The fourth-order valence-electron chi connectivity index (χ4n) is 2.90. The fourth-order valence-corrected chi connectivity index (χ4v) is 2.90. The van der Waals surface area contributed by atoms with Crippen LogP contribution in [0, 0.1) is 32.1 Å². The van der Waals surface area contributed by atoms with Crippen molar-refractivity contribution in [3.63, 3.8) is 0 Å². The highest BCUT2D eigenvalue weighted by Crippen LogP contribution is 2.18. The molecule has 1 saturated heterocycles. The lowest BCUT2D eigenvalue weighted by Crippen LogP contribution is -2.45. The molecule has 6 heteroatoms. The van der Waals surface area contributed by atoms with E-state index in [-0.39, 0.29) is 6.10 Å². The van der Waals surface area contributed by atoms with E-state index < -0.39 is 0 Å². The van der Waals surface area contributed by atoms with E-state index in [1.165, 1.54) is 0 Å². The molecule has 2 aromatic heterocycles. The number of anilines is 1. The van der Waals surface area contributed by atoms with Gasteiger partial charge in [-0.2, -0.15) is 10.4 Å². The number of hydrogen-bond acceptors (Lipinski definition) is 5. The van der Waals surface area contributed by atoms with Crippen molar-refractivity contribution in [2.45, 2.75) is 33.4 Å². The quantitative estimate of drug-likeness (QED) is 0.867. The number of hydrogen-bond donors (Lipinski definition) is 0. The highest BCUT2D eigenvalue weighted by atomic mass is 16.5. The Kier molecular flexibility index (Phi) is 4.30. The third-order valence-electron chi connectivity index (χ3n) is 4.13. The molecule has 0 N–H and O–H groups in total. The van der Waals surface area contributed by atoms with Gasteiger partial charge >= 0.3 is 0 Å². The lowest BCUT2D eigenvalue weighted by molar-refractivity contribution is 0.0267. The molecule has 0 saturated carbocycles. The molecule has 2 aromatic rings. The lowest BCUT2D eigenvalue weighted by atomic mass is 10.2. The topological polar surface area (TPSA) is 67.0 Å². The van der Waals surface area contributed by atoms with Crippen LogP contribution < -0.4 is 4.90 Å². The van der Waals surface area contributed by atoms with Crippen molar-refractivity contribution >= 4 is 5.82 Å². The predicted molar refractivity (Wildman–Crippen MR) is 87.3 cm³/mol. The van der Waals surface area contributed by atoms with Gasteiger partial charge in [-0.05, 0) is 38.5 Å². The monoisotopic (exact) mass is 311 g/mol. The molecule has 0 spiro atoms. The first-order chi connectivity index (χ1) is 11.1. The number of aryl methyl sites for hydroxylation is 3. The zero-order chi connectivity index (χ0) is 16.4. The second-order valence-corrected chi connectivity index (χ2v) is 5.99. The molecule has 1 atom stereocenters. The first-order valence-corrected chi connectivity index (χ1v) is 7.82. The molecule has 3 heterocycles. The Morgan fingerprint density at radius 3 is 2.87 bits per heavy atom. The van der Waals surface area contributed by atoms with Gasteiger partial charge in [-0.1, -0.05) is 6.07 Å². The Hall–Kier alpha value is -2.39. The summed E-state index contributed by atoms with van der Waals surface area (Å²) in [7, 11) is 0. The number of nitriles is 1. The van der Waals surface area contributed by atoms with Gasteiger partial charge in [-0.25, -0.2) is 4.98 Å². The zero-order valence-electron chi connectivity index (χ0n) is 13.8. The van der Waals surface area contributed by atoms with Gasteiger partial charge in [-0.15, -0.1) is 0 Å². The molecule has 6 nitrogen and oxygen atoms in total. The van der Waals surface area contributed by atoms with Gasteiger partial charge in [-0.3, -0.25) is 4.68 Å². The normalized spacial score (nSPS) is 18.0. The summed E-state index contributed by atoms with van der Waals surface area (Å²) >= 11 is 0. The maximum atomic E-state index is 9.15. The SMILES string of the molecule is Cc1cc(C)n(CC2CN(c3ccc(C)c(C#N)n3)CCO2)n1. The molecule has 0 amide bonds. The minimum absolute atomic E-state index is 0.0652. The summed E-state index contributed by atoms with van der Waals surface area (Å²) in [4.78, 5) is 6.65. The average molecular weight is 311 g/mol. The van der Waals surface area contributed by atoms with Crippen LogP contribution in [-0.4, -0.2) is 40.6 Å². The van der Waals surface area contributed by atoms with Crippen molar-refractivity contribution in [3.05, 3.63) is 40.8 Å². The van der Waals surface area contributed by atoms with Crippen LogP contribution in [0.3, 0.4) is 0 Å². The van der Waals surface area contributed by atoms with Crippen molar-refractivity contribution < 1.29 is 4.74 Å². The summed E-state index contributed by atoms with van der Waals surface area (Å²) in [5, 5.41) is 13.7. The van der Waals surface area contributed by atoms with Gasteiger partial charge in [0.25, 0.3) is 0 Å². The van der Waals surface area contributed by atoms with Crippen molar-refractivity contribution in [2.75, 3.05) is 24.6 Å². The van der Waals surface area contributed by atoms with E-state index in [0.717, 1.165) is 42.4 Å². The molecule has 1 unspecified atom stereocenters. The Morgan fingerprint density at radius 2 is 2.17 bits per heavy atom. The summed E-state index contributed by atoms with van der Waals surface area (Å²) in [5.74, 6) is 0.841. The lowest BCUT2D eigenvalue weighted by Gasteiger charge is -2.34. The largest absolute Gasteiger partial charge is 0.373 e. The van der Waals surface area contributed by atoms with Crippen LogP contribution in [0.4, 0.5) is 5.82 Å². The smallest absolute Gasteiger partial charge is 0.145 e. The number of morpholine rings is 1. The molecule has 0 aromatic carbocycles. The van der Waals surface area contributed by atoms with Gasteiger partial charge in [0.2, 0.25) is 0 Å². The second-order valence-electron chi connectivity index (χ2n) is 5.99. The predicted octanol–water partition coefficient (Wildman–Crippen LogP) is 1.98. The summed E-state index contributed by atoms with van der Waals surface area (Å²) in [6.45, 7) is 8.88. The summed E-state index contributed by atoms with van der Waals surface area (Å²) < 4.78 is 7.88. The summed E-state index contributed by atoms with van der Waals surface area (Å²) in [6.07, 6.45) is 0.0652.